The zero-order chi connectivity index (χ0) is 16.4. The van der Waals surface area contributed by atoms with Gasteiger partial charge in [0.25, 0.3) is 5.91 Å². The maximum Gasteiger partial charge on any atom is 0.325 e. The van der Waals surface area contributed by atoms with Crippen LogP contribution in [-0.4, -0.2) is 45.4 Å². The van der Waals surface area contributed by atoms with Gasteiger partial charge >= 0.3 is 6.03 Å². The monoisotopic (exact) mass is 317 g/mol. The van der Waals surface area contributed by atoms with Crippen LogP contribution in [0.25, 0.3) is 5.69 Å². The minimum atomic E-state index is -0.619. The lowest BCUT2D eigenvalue weighted by Crippen LogP contribution is -2.38. The zero-order valence-corrected chi connectivity index (χ0v) is 11.8. The number of nitrogens with zero attached hydrogens (tertiary/aromatic N) is 3. The standard InChI is InChI=1S/C14H12FN5O3/c15-10-5-9(1-2-11(10)19-4-3-16-8-19)18-12(21)7-20-13(22)6-17-14(20)23/h1-5,8H,6-7H2,(H,17,23)(H,18,21). The number of halogens is 1. The summed E-state index contributed by atoms with van der Waals surface area (Å²) in [5.41, 5.74) is 0.512. The molecule has 0 radical (unpaired) electrons. The van der Waals surface area contributed by atoms with Crippen LogP contribution in [0.3, 0.4) is 0 Å². The molecule has 118 valence electrons. The van der Waals surface area contributed by atoms with E-state index in [1.807, 2.05) is 0 Å². The summed E-state index contributed by atoms with van der Waals surface area (Å²) >= 11 is 0. The van der Waals surface area contributed by atoms with Crippen LogP contribution in [0.5, 0.6) is 0 Å². The number of urea groups is 1. The average molecular weight is 317 g/mol. The number of imide groups is 1. The molecular weight excluding hydrogens is 305 g/mol. The van der Waals surface area contributed by atoms with Crippen molar-refractivity contribution < 1.29 is 18.8 Å². The van der Waals surface area contributed by atoms with Gasteiger partial charge in [-0.15, -0.1) is 0 Å². The number of rotatable bonds is 4. The Morgan fingerprint density at radius 1 is 1.39 bits per heavy atom. The molecule has 0 atom stereocenters. The molecule has 1 aromatic heterocycles. The molecule has 4 amide bonds. The molecular formula is C14H12FN5O3. The molecule has 23 heavy (non-hydrogen) atoms. The molecule has 0 bridgehead atoms. The smallest absolute Gasteiger partial charge is 0.325 e. The maximum absolute atomic E-state index is 14.1. The first-order valence-electron chi connectivity index (χ1n) is 6.70. The molecule has 0 saturated carbocycles. The van der Waals surface area contributed by atoms with E-state index >= 15 is 0 Å². The van der Waals surface area contributed by atoms with Crippen LogP contribution in [0.1, 0.15) is 0 Å². The highest BCUT2D eigenvalue weighted by molar-refractivity contribution is 6.06. The number of carbonyl (C=O) groups excluding carboxylic acids is 3. The summed E-state index contributed by atoms with van der Waals surface area (Å²) in [7, 11) is 0. The van der Waals surface area contributed by atoms with Crippen LogP contribution in [0.15, 0.2) is 36.9 Å². The van der Waals surface area contributed by atoms with E-state index in [0.29, 0.717) is 0 Å². The first-order valence-corrected chi connectivity index (χ1v) is 6.70. The maximum atomic E-state index is 14.1. The lowest BCUT2D eigenvalue weighted by molar-refractivity contribution is -0.128. The average Bonchev–Trinajstić information content (AvgIpc) is 3.13. The van der Waals surface area contributed by atoms with Gasteiger partial charge in [-0.2, -0.15) is 0 Å². The van der Waals surface area contributed by atoms with Crippen molar-refractivity contribution in [3.63, 3.8) is 0 Å². The number of imidazole rings is 1. The van der Waals surface area contributed by atoms with E-state index in [0.717, 1.165) is 11.0 Å². The fourth-order valence-corrected chi connectivity index (χ4v) is 2.16. The van der Waals surface area contributed by atoms with E-state index in [9.17, 15) is 18.8 Å². The van der Waals surface area contributed by atoms with Crippen molar-refractivity contribution in [3.05, 3.63) is 42.7 Å². The Bertz CT molecular complexity index is 759. The Morgan fingerprint density at radius 3 is 2.83 bits per heavy atom. The Morgan fingerprint density at radius 2 is 2.22 bits per heavy atom. The summed E-state index contributed by atoms with van der Waals surface area (Å²) in [6, 6.07) is 3.54. The summed E-state index contributed by atoms with van der Waals surface area (Å²) < 4.78 is 15.6. The largest absolute Gasteiger partial charge is 0.329 e. The third kappa shape index (κ3) is 3.03. The van der Waals surface area contributed by atoms with E-state index in [-0.39, 0.29) is 17.9 Å². The van der Waals surface area contributed by atoms with Gasteiger partial charge in [-0.3, -0.25) is 14.5 Å². The molecule has 1 aliphatic heterocycles. The molecule has 2 aromatic rings. The second-order valence-electron chi connectivity index (χ2n) is 4.82. The van der Waals surface area contributed by atoms with Crippen molar-refractivity contribution in [1.82, 2.24) is 19.8 Å². The molecule has 2 heterocycles. The minimum absolute atomic E-state index is 0.125. The topological polar surface area (TPSA) is 96.3 Å². The summed E-state index contributed by atoms with van der Waals surface area (Å²) in [6.07, 6.45) is 4.57. The molecule has 1 fully saturated rings. The number of hydrogen-bond donors (Lipinski definition) is 2. The second-order valence-corrected chi connectivity index (χ2v) is 4.82. The quantitative estimate of drug-likeness (QED) is 0.803. The predicted octanol–water partition coefficient (Wildman–Crippen LogP) is 0.502. The van der Waals surface area contributed by atoms with Gasteiger partial charge in [-0.1, -0.05) is 0 Å². The number of nitrogens with one attached hydrogen (secondary N) is 2. The molecule has 1 saturated heterocycles. The van der Waals surface area contributed by atoms with Crippen LogP contribution in [0.2, 0.25) is 0 Å². The number of carbonyl (C=O) groups is 3. The Kier molecular flexibility index (Phi) is 3.75. The van der Waals surface area contributed by atoms with Gasteiger partial charge in [0.2, 0.25) is 5.91 Å². The predicted molar refractivity (Wildman–Crippen MR) is 77.3 cm³/mol. The number of anilines is 1. The number of benzene rings is 1. The normalized spacial score (nSPS) is 14.0. The first-order chi connectivity index (χ1) is 11.0. The van der Waals surface area contributed by atoms with Crippen molar-refractivity contribution in [1.29, 1.82) is 0 Å². The fourth-order valence-electron chi connectivity index (χ4n) is 2.16. The Hall–Kier alpha value is -3.23. The highest BCUT2D eigenvalue weighted by atomic mass is 19.1. The van der Waals surface area contributed by atoms with Crippen molar-refractivity contribution >= 4 is 23.5 Å². The highest BCUT2D eigenvalue weighted by Gasteiger charge is 2.30. The van der Waals surface area contributed by atoms with Gasteiger partial charge in [0.1, 0.15) is 12.4 Å². The van der Waals surface area contributed by atoms with Crippen LogP contribution >= 0.6 is 0 Å². The van der Waals surface area contributed by atoms with Crippen LogP contribution < -0.4 is 10.6 Å². The zero-order valence-electron chi connectivity index (χ0n) is 11.8. The first kappa shape index (κ1) is 14.7. The summed E-state index contributed by atoms with van der Waals surface area (Å²) in [5.74, 6) is -1.62. The Balaban J connectivity index is 1.68. The summed E-state index contributed by atoms with van der Waals surface area (Å²) in [6.45, 7) is -0.546. The molecule has 1 aliphatic rings. The van der Waals surface area contributed by atoms with Crippen molar-refractivity contribution in [2.75, 3.05) is 18.4 Å². The number of amides is 4. The second kappa shape index (κ2) is 5.87. The fraction of sp³-hybridized carbons (Fsp3) is 0.143. The minimum Gasteiger partial charge on any atom is -0.329 e. The van der Waals surface area contributed by atoms with E-state index in [4.69, 9.17) is 0 Å². The molecule has 3 rings (SSSR count). The summed E-state index contributed by atoms with van der Waals surface area (Å²) in [4.78, 5) is 39.2. The van der Waals surface area contributed by atoms with Gasteiger partial charge in [-0.25, -0.2) is 14.2 Å². The third-order valence-electron chi connectivity index (χ3n) is 3.25. The van der Waals surface area contributed by atoms with Crippen molar-refractivity contribution in [3.8, 4) is 5.69 Å². The number of hydrogen-bond acceptors (Lipinski definition) is 4. The molecule has 0 unspecified atom stereocenters. The van der Waals surface area contributed by atoms with Crippen molar-refractivity contribution in [2.45, 2.75) is 0 Å². The van der Waals surface area contributed by atoms with E-state index in [2.05, 4.69) is 15.6 Å². The van der Waals surface area contributed by atoms with Crippen LogP contribution in [-0.2, 0) is 9.59 Å². The lowest BCUT2D eigenvalue weighted by Gasteiger charge is -2.13. The van der Waals surface area contributed by atoms with Gasteiger partial charge in [0.15, 0.2) is 0 Å². The van der Waals surface area contributed by atoms with Gasteiger partial charge in [0.05, 0.1) is 18.6 Å². The van der Waals surface area contributed by atoms with Gasteiger partial charge in [0, 0.05) is 18.1 Å². The number of aromatic nitrogens is 2. The molecule has 8 nitrogen and oxygen atoms in total. The van der Waals surface area contributed by atoms with E-state index in [1.165, 1.54) is 29.2 Å². The SMILES string of the molecule is O=C(CN1C(=O)CNC1=O)Nc1ccc(-n2ccnc2)c(F)c1. The highest BCUT2D eigenvalue weighted by Crippen LogP contribution is 2.18. The molecule has 1 aromatic carbocycles. The Labute approximate surface area is 129 Å². The van der Waals surface area contributed by atoms with Crippen LogP contribution in [0, 0.1) is 5.82 Å². The van der Waals surface area contributed by atoms with E-state index < -0.39 is 30.2 Å². The lowest BCUT2D eigenvalue weighted by atomic mass is 10.2. The van der Waals surface area contributed by atoms with Gasteiger partial charge in [-0.05, 0) is 18.2 Å². The van der Waals surface area contributed by atoms with E-state index in [1.54, 1.807) is 6.20 Å². The van der Waals surface area contributed by atoms with Crippen molar-refractivity contribution in [2.24, 2.45) is 0 Å². The molecule has 2 N–H and O–H groups in total. The molecule has 0 spiro atoms. The summed E-state index contributed by atoms with van der Waals surface area (Å²) in [5, 5.41) is 4.76. The molecule has 9 heteroatoms. The third-order valence-corrected chi connectivity index (χ3v) is 3.25. The van der Waals surface area contributed by atoms with Crippen LogP contribution in [0.4, 0.5) is 14.9 Å². The molecule has 0 aliphatic carbocycles. The van der Waals surface area contributed by atoms with Gasteiger partial charge < -0.3 is 15.2 Å².